The fourth-order valence-electron chi connectivity index (χ4n) is 2.88. The number of aliphatic hydroxyl groups is 2. The van der Waals surface area contributed by atoms with Crippen molar-refractivity contribution in [2.24, 2.45) is 0 Å². The van der Waals surface area contributed by atoms with E-state index in [1.807, 2.05) is 4.90 Å². The molecule has 1 aromatic carbocycles. The number of aliphatic hydroxyl groups excluding tert-OH is 1. The molecule has 0 aromatic heterocycles. The van der Waals surface area contributed by atoms with Crippen molar-refractivity contribution in [1.82, 2.24) is 4.90 Å². The van der Waals surface area contributed by atoms with E-state index in [4.69, 9.17) is 0 Å². The maximum Gasteiger partial charge on any atom is 0.146 e. The van der Waals surface area contributed by atoms with Crippen LogP contribution in [-0.2, 0) is 0 Å². The number of para-hydroxylation sites is 1. The summed E-state index contributed by atoms with van der Waals surface area (Å²) in [6.07, 6.45) is -0.690. The number of benzene rings is 1. The highest BCUT2D eigenvalue weighted by molar-refractivity contribution is 5.56. The summed E-state index contributed by atoms with van der Waals surface area (Å²) in [6, 6.07) is 4.84. The molecule has 1 unspecified atom stereocenters. The van der Waals surface area contributed by atoms with Crippen molar-refractivity contribution < 1.29 is 14.6 Å². The molecule has 4 nitrogen and oxygen atoms in total. The van der Waals surface area contributed by atoms with Crippen LogP contribution in [0.15, 0.2) is 18.2 Å². The second kappa shape index (κ2) is 6.30. The van der Waals surface area contributed by atoms with Crippen LogP contribution in [0.4, 0.5) is 10.1 Å². The Labute approximate surface area is 125 Å². The molecule has 0 saturated carbocycles. The Bertz CT molecular complexity index is 478. The molecule has 0 bridgehead atoms. The molecule has 21 heavy (non-hydrogen) atoms. The Morgan fingerprint density at radius 3 is 2.38 bits per heavy atom. The fourth-order valence-corrected chi connectivity index (χ4v) is 2.88. The molecule has 2 rings (SSSR count). The smallest absolute Gasteiger partial charge is 0.146 e. The minimum Gasteiger partial charge on any atom is -0.389 e. The molecule has 118 valence electrons. The normalized spacial score (nSPS) is 18.9. The van der Waals surface area contributed by atoms with Crippen molar-refractivity contribution in [2.75, 3.05) is 37.6 Å². The van der Waals surface area contributed by atoms with Crippen molar-refractivity contribution in [3.63, 3.8) is 0 Å². The van der Waals surface area contributed by atoms with Crippen LogP contribution < -0.4 is 4.90 Å². The molecular formula is C16H25FN2O2. The van der Waals surface area contributed by atoms with Crippen LogP contribution in [-0.4, -0.2) is 53.4 Å². The zero-order chi connectivity index (χ0) is 15.6. The molecule has 1 aliphatic rings. The number of hydrogen-bond acceptors (Lipinski definition) is 4. The van der Waals surface area contributed by atoms with Crippen LogP contribution in [0.3, 0.4) is 0 Å². The van der Waals surface area contributed by atoms with Gasteiger partial charge >= 0.3 is 0 Å². The highest BCUT2D eigenvalue weighted by Gasteiger charge is 2.25. The third-order valence-electron chi connectivity index (χ3n) is 3.77. The first-order valence-corrected chi connectivity index (χ1v) is 7.44. The average Bonchev–Trinajstić information content (AvgIpc) is 2.37. The Balaban J connectivity index is 2.09. The Morgan fingerprint density at radius 1 is 1.24 bits per heavy atom. The zero-order valence-corrected chi connectivity index (χ0v) is 13.0. The Hall–Kier alpha value is -1.17. The van der Waals surface area contributed by atoms with E-state index in [0.717, 1.165) is 13.1 Å². The van der Waals surface area contributed by atoms with E-state index in [-0.39, 0.29) is 5.82 Å². The summed E-state index contributed by atoms with van der Waals surface area (Å²) in [5.41, 5.74) is 0.423. The van der Waals surface area contributed by atoms with Gasteiger partial charge in [0.05, 0.1) is 17.4 Å². The van der Waals surface area contributed by atoms with Crippen LogP contribution in [0.25, 0.3) is 0 Å². The standard InChI is InChI=1S/C16H25FN2O2/c1-12(20)13-5-4-6-14(17)15(13)19-9-7-18(8-10-19)11-16(2,3)21/h4-6,12,20-21H,7-11H2,1-3H3. The summed E-state index contributed by atoms with van der Waals surface area (Å²) in [4.78, 5) is 4.16. The van der Waals surface area contributed by atoms with E-state index in [2.05, 4.69) is 4.90 Å². The largest absolute Gasteiger partial charge is 0.389 e. The molecule has 1 aliphatic heterocycles. The number of nitrogens with zero attached hydrogens (tertiary/aromatic N) is 2. The Morgan fingerprint density at radius 2 is 1.86 bits per heavy atom. The molecule has 1 heterocycles. The number of halogens is 1. The van der Waals surface area contributed by atoms with E-state index in [0.29, 0.717) is 30.9 Å². The first-order chi connectivity index (χ1) is 9.78. The van der Waals surface area contributed by atoms with Gasteiger partial charge in [-0.2, -0.15) is 0 Å². The molecule has 0 amide bonds. The lowest BCUT2D eigenvalue weighted by Gasteiger charge is -2.39. The van der Waals surface area contributed by atoms with E-state index in [1.54, 1.807) is 32.9 Å². The minimum atomic E-state index is -0.717. The summed E-state index contributed by atoms with van der Waals surface area (Å²) in [5.74, 6) is -0.288. The number of piperazine rings is 1. The summed E-state index contributed by atoms with van der Waals surface area (Å²) >= 11 is 0. The number of β-amino-alcohol motifs (C(OH)–C–C–N with tert-alkyl or cyclic N) is 1. The van der Waals surface area contributed by atoms with Gasteiger partial charge in [-0.05, 0) is 26.8 Å². The monoisotopic (exact) mass is 296 g/mol. The molecule has 2 N–H and O–H groups in total. The predicted octanol–water partition coefficient (Wildman–Crippen LogP) is 1.77. The van der Waals surface area contributed by atoms with Gasteiger partial charge in [0, 0.05) is 38.3 Å². The van der Waals surface area contributed by atoms with E-state index >= 15 is 0 Å². The van der Waals surface area contributed by atoms with Crippen LogP contribution in [0.1, 0.15) is 32.4 Å². The second-order valence-corrected chi connectivity index (χ2v) is 6.43. The summed E-state index contributed by atoms with van der Waals surface area (Å²) < 4.78 is 14.2. The molecule has 1 atom stereocenters. The van der Waals surface area contributed by atoms with Gasteiger partial charge in [0.2, 0.25) is 0 Å². The molecular weight excluding hydrogens is 271 g/mol. The number of hydrogen-bond donors (Lipinski definition) is 2. The second-order valence-electron chi connectivity index (χ2n) is 6.43. The van der Waals surface area contributed by atoms with Gasteiger partial charge in [-0.1, -0.05) is 12.1 Å². The van der Waals surface area contributed by atoms with E-state index in [9.17, 15) is 14.6 Å². The lowest BCUT2D eigenvalue weighted by molar-refractivity contribution is 0.0344. The topological polar surface area (TPSA) is 46.9 Å². The fraction of sp³-hybridized carbons (Fsp3) is 0.625. The lowest BCUT2D eigenvalue weighted by Crippen LogP contribution is -2.51. The molecule has 1 fully saturated rings. The number of anilines is 1. The SMILES string of the molecule is CC(O)c1cccc(F)c1N1CCN(CC(C)(C)O)CC1. The van der Waals surface area contributed by atoms with Gasteiger partial charge in [0.15, 0.2) is 0 Å². The molecule has 0 aliphatic carbocycles. The molecule has 5 heteroatoms. The van der Waals surface area contributed by atoms with Gasteiger partial charge in [0.1, 0.15) is 5.82 Å². The minimum absolute atomic E-state index is 0.288. The van der Waals surface area contributed by atoms with E-state index < -0.39 is 11.7 Å². The first-order valence-electron chi connectivity index (χ1n) is 7.44. The average molecular weight is 296 g/mol. The van der Waals surface area contributed by atoms with Crippen molar-refractivity contribution in [2.45, 2.75) is 32.5 Å². The van der Waals surface area contributed by atoms with Crippen molar-refractivity contribution in [3.05, 3.63) is 29.6 Å². The first kappa shape index (κ1) is 16.2. The van der Waals surface area contributed by atoms with Crippen molar-refractivity contribution >= 4 is 5.69 Å². The van der Waals surface area contributed by atoms with Crippen molar-refractivity contribution in [1.29, 1.82) is 0 Å². The summed E-state index contributed by atoms with van der Waals surface area (Å²) in [7, 11) is 0. The molecule has 0 radical (unpaired) electrons. The van der Waals surface area contributed by atoms with Crippen LogP contribution in [0, 0.1) is 5.82 Å². The van der Waals surface area contributed by atoms with Crippen LogP contribution in [0.2, 0.25) is 0 Å². The maximum absolute atomic E-state index is 14.2. The lowest BCUT2D eigenvalue weighted by atomic mass is 10.1. The quantitative estimate of drug-likeness (QED) is 0.889. The predicted molar refractivity (Wildman–Crippen MR) is 82.0 cm³/mol. The zero-order valence-electron chi connectivity index (χ0n) is 13.0. The summed E-state index contributed by atoms with van der Waals surface area (Å²) in [6.45, 7) is 8.79. The summed E-state index contributed by atoms with van der Waals surface area (Å²) in [5, 5.41) is 19.7. The van der Waals surface area contributed by atoms with Crippen LogP contribution >= 0.6 is 0 Å². The highest BCUT2D eigenvalue weighted by atomic mass is 19.1. The third-order valence-corrected chi connectivity index (χ3v) is 3.77. The highest BCUT2D eigenvalue weighted by Crippen LogP contribution is 2.30. The molecule has 0 spiro atoms. The third kappa shape index (κ3) is 4.15. The van der Waals surface area contributed by atoms with Crippen molar-refractivity contribution in [3.8, 4) is 0 Å². The van der Waals surface area contributed by atoms with Gasteiger partial charge in [-0.15, -0.1) is 0 Å². The van der Waals surface area contributed by atoms with E-state index in [1.165, 1.54) is 6.07 Å². The molecule has 1 saturated heterocycles. The van der Waals surface area contributed by atoms with Gasteiger partial charge in [-0.3, -0.25) is 4.90 Å². The number of rotatable bonds is 4. The Kier molecular flexibility index (Phi) is 4.86. The van der Waals surface area contributed by atoms with Gasteiger partial charge in [0.25, 0.3) is 0 Å². The van der Waals surface area contributed by atoms with Crippen LogP contribution in [0.5, 0.6) is 0 Å². The molecule has 1 aromatic rings. The van der Waals surface area contributed by atoms with Gasteiger partial charge in [-0.25, -0.2) is 4.39 Å². The maximum atomic E-state index is 14.2. The van der Waals surface area contributed by atoms with Gasteiger partial charge < -0.3 is 15.1 Å².